The van der Waals surface area contributed by atoms with Crippen molar-refractivity contribution in [3.8, 4) is 5.75 Å². The van der Waals surface area contributed by atoms with E-state index >= 15 is 0 Å². The summed E-state index contributed by atoms with van der Waals surface area (Å²) >= 11 is 5.84. The molecule has 0 fully saturated rings. The number of amides is 1. The fourth-order valence-electron chi connectivity index (χ4n) is 2.73. The van der Waals surface area contributed by atoms with Gasteiger partial charge in [-0.25, -0.2) is 0 Å². The van der Waals surface area contributed by atoms with Crippen LogP contribution in [-0.4, -0.2) is 17.5 Å². The van der Waals surface area contributed by atoms with Crippen LogP contribution in [0.4, 0.5) is 0 Å². The van der Waals surface area contributed by atoms with Crippen LogP contribution in [-0.2, 0) is 24.2 Å². The Bertz CT molecular complexity index is 686. The molecule has 1 aromatic heterocycles. The fraction of sp³-hybridized carbons (Fsp3) is 0.333. The highest BCUT2D eigenvalue weighted by Gasteiger charge is 2.15. The van der Waals surface area contributed by atoms with Crippen molar-refractivity contribution in [1.82, 2.24) is 10.3 Å². The Balaban J connectivity index is 1.52. The molecule has 0 radical (unpaired) electrons. The van der Waals surface area contributed by atoms with Crippen molar-refractivity contribution < 1.29 is 9.53 Å². The van der Waals surface area contributed by atoms with Gasteiger partial charge in [0.1, 0.15) is 5.75 Å². The van der Waals surface area contributed by atoms with Crippen molar-refractivity contribution in [1.29, 1.82) is 0 Å². The van der Waals surface area contributed by atoms with E-state index in [1.807, 2.05) is 30.3 Å². The molecule has 1 aliphatic carbocycles. The molecule has 1 heterocycles. The fourth-order valence-corrected chi connectivity index (χ4v) is 2.85. The van der Waals surface area contributed by atoms with Crippen LogP contribution < -0.4 is 10.1 Å². The summed E-state index contributed by atoms with van der Waals surface area (Å²) in [6.45, 7) is 0.484. The smallest absolute Gasteiger partial charge is 0.258 e. The third-order valence-corrected chi connectivity index (χ3v) is 4.21. The van der Waals surface area contributed by atoms with Crippen LogP contribution in [0, 0.1) is 0 Å². The topological polar surface area (TPSA) is 51.2 Å². The number of fused-ring (bicyclic) bond motifs is 1. The van der Waals surface area contributed by atoms with Gasteiger partial charge in [-0.3, -0.25) is 9.78 Å². The first-order chi connectivity index (χ1) is 11.2. The normalized spacial score (nSPS) is 13.3. The van der Waals surface area contributed by atoms with Gasteiger partial charge in [0, 0.05) is 29.0 Å². The SMILES string of the molecule is O=C(COc1ccnc2c1CCCC2)NCc1ccc(Cl)cc1. The molecule has 0 saturated heterocycles. The largest absolute Gasteiger partial charge is 0.483 e. The lowest BCUT2D eigenvalue weighted by atomic mass is 9.95. The van der Waals surface area contributed by atoms with Crippen LogP contribution in [0.15, 0.2) is 36.5 Å². The molecule has 0 spiro atoms. The number of benzene rings is 1. The number of carbonyl (C=O) groups is 1. The van der Waals surface area contributed by atoms with E-state index in [4.69, 9.17) is 16.3 Å². The van der Waals surface area contributed by atoms with Gasteiger partial charge < -0.3 is 10.1 Å². The van der Waals surface area contributed by atoms with E-state index in [1.165, 1.54) is 6.42 Å². The second kappa shape index (κ2) is 7.47. The highest BCUT2D eigenvalue weighted by atomic mass is 35.5. The highest BCUT2D eigenvalue weighted by molar-refractivity contribution is 6.30. The maximum absolute atomic E-state index is 11.9. The number of rotatable bonds is 5. The summed E-state index contributed by atoms with van der Waals surface area (Å²) in [5.41, 5.74) is 3.27. The number of carbonyl (C=O) groups excluding carboxylic acids is 1. The molecule has 0 saturated carbocycles. The Hall–Kier alpha value is -2.07. The average molecular weight is 331 g/mol. The van der Waals surface area contributed by atoms with Crippen molar-refractivity contribution in [2.45, 2.75) is 32.2 Å². The van der Waals surface area contributed by atoms with Gasteiger partial charge in [-0.05, 0) is 49.4 Å². The monoisotopic (exact) mass is 330 g/mol. The van der Waals surface area contributed by atoms with E-state index < -0.39 is 0 Å². The van der Waals surface area contributed by atoms with E-state index in [0.29, 0.717) is 11.6 Å². The zero-order valence-electron chi connectivity index (χ0n) is 12.8. The summed E-state index contributed by atoms with van der Waals surface area (Å²) in [5.74, 6) is 0.651. The number of pyridine rings is 1. The van der Waals surface area contributed by atoms with E-state index in [9.17, 15) is 4.79 Å². The number of nitrogens with one attached hydrogen (secondary N) is 1. The van der Waals surface area contributed by atoms with E-state index in [-0.39, 0.29) is 12.5 Å². The van der Waals surface area contributed by atoms with Gasteiger partial charge >= 0.3 is 0 Å². The summed E-state index contributed by atoms with van der Waals surface area (Å²) < 4.78 is 5.70. The minimum absolute atomic E-state index is 0.0179. The molecule has 0 unspecified atom stereocenters. The van der Waals surface area contributed by atoms with Crippen LogP contribution in [0.2, 0.25) is 5.02 Å². The summed E-state index contributed by atoms with van der Waals surface area (Å²) in [6, 6.07) is 9.24. The second-order valence-electron chi connectivity index (χ2n) is 5.63. The number of hydrogen-bond acceptors (Lipinski definition) is 3. The first kappa shape index (κ1) is 15.8. The second-order valence-corrected chi connectivity index (χ2v) is 6.07. The molecule has 1 aliphatic rings. The summed E-state index contributed by atoms with van der Waals surface area (Å²) in [7, 11) is 0. The van der Waals surface area contributed by atoms with E-state index in [1.54, 1.807) is 6.20 Å². The average Bonchev–Trinajstić information content (AvgIpc) is 2.59. The first-order valence-electron chi connectivity index (χ1n) is 7.83. The zero-order valence-corrected chi connectivity index (χ0v) is 13.6. The van der Waals surface area contributed by atoms with Gasteiger partial charge in [0.25, 0.3) is 5.91 Å². The molecule has 1 N–H and O–H groups in total. The number of hydrogen-bond donors (Lipinski definition) is 1. The molecule has 4 nitrogen and oxygen atoms in total. The van der Waals surface area contributed by atoms with Crippen molar-refractivity contribution in [3.05, 3.63) is 58.4 Å². The molecule has 0 bridgehead atoms. The van der Waals surface area contributed by atoms with E-state index in [0.717, 1.165) is 41.8 Å². The Kier molecular flexibility index (Phi) is 5.13. The standard InChI is InChI=1S/C18H19ClN2O2/c19-14-7-5-13(6-8-14)11-21-18(22)12-23-17-9-10-20-16-4-2-1-3-15(16)17/h5-10H,1-4,11-12H2,(H,21,22). The molecular formula is C18H19ClN2O2. The van der Waals surface area contributed by atoms with Crippen molar-refractivity contribution in [2.24, 2.45) is 0 Å². The summed E-state index contributed by atoms with van der Waals surface area (Å²) in [5, 5.41) is 3.53. The van der Waals surface area contributed by atoms with Crippen LogP contribution in [0.1, 0.15) is 29.7 Å². The van der Waals surface area contributed by atoms with Crippen LogP contribution >= 0.6 is 11.6 Å². The predicted octanol–water partition coefficient (Wildman–Crippen LogP) is 3.31. The molecule has 2 aromatic rings. The Morgan fingerprint density at radius 1 is 1.17 bits per heavy atom. The van der Waals surface area contributed by atoms with Crippen molar-refractivity contribution >= 4 is 17.5 Å². The number of ether oxygens (including phenoxy) is 1. The minimum Gasteiger partial charge on any atom is -0.483 e. The third kappa shape index (κ3) is 4.23. The molecular weight excluding hydrogens is 312 g/mol. The summed E-state index contributed by atoms with van der Waals surface area (Å²) in [4.78, 5) is 16.3. The number of nitrogens with zero attached hydrogens (tertiary/aromatic N) is 1. The molecule has 120 valence electrons. The third-order valence-electron chi connectivity index (χ3n) is 3.95. The van der Waals surface area contributed by atoms with Gasteiger partial charge in [0.05, 0.1) is 0 Å². The molecule has 3 rings (SSSR count). The number of halogens is 1. The zero-order chi connectivity index (χ0) is 16.1. The Morgan fingerprint density at radius 3 is 2.78 bits per heavy atom. The minimum atomic E-state index is -0.138. The molecule has 5 heteroatoms. The van der Waals surface area contributed by atoms with Gasteiger partial charge in [0.2, 0.25) is 0 Å². The Morgan fingerprint density at radius 2 is 1.96 bits per heavy atom. The highest BCUT2D eigenvalue weighted by Crippen LogP contribution is 2.27. The molecule has 0 aliphatic heterocycles. The van der Waals surface area contributed by atoms with Crippen LogP contribution in [0.25, 0.3) is 0 Å². The maximum atomic E-state index is 11.9. The lowest BCUT2D eigenvalue weighted by Gasteiger charge is -2.18. The van der Waals surface area contributed by atoms with Crippen LogP contribution in [0.5, 0.6) is 5.75 Å². The lowest BCUT2D eigenvalue weighted by Crippen LogP contribution is -2.28. The summed E-state index contributed by atoms with van der Waals surface area (Å²) in [6.07, 6.45) is 6.05. The lowest BCUT2D eigenvalue weighted by molar-refractivity contribution is -0.123. The van der Waals surface area contributed by atoms with Gasteiger partial charge in [-0.2, -0.15) is 0 Å². The molecule has 1 amide bonds. The van der Waals surface area contributed by atoms with Gasteiger partial charge in [-0.1, -0.05) is 23.7 Å². The molecule has 23 heavy (non-hydrogen) atoms. The van der Waals surface area contributed by atoms with E-state index in [2.05, 4.69) is 10.3 Å². The number of aryl methyl sites for hydroxylation is 1. The van der Waals surface area contributed by atoms with Crippen LogP contribution in [0.3, 0.4) is 0 Å². The quantitative estimate of drug-likeness (QED) is 0.915. The molecule has 1 aromatic carbocycles. The number of aromatic nitrogens is 1. The van der Waals surface area contributed by atoms with Gasteiger partial charge in [0.15, 0.2) is 6.61 Å². The molecule has 0 atom stereocenters. The maximum Gasteiger partial charge on any atom is 0.258 e. The Labute approximate surface area is 140 Å². The van der Waals surface area contributed by atoms with Gasteiger partial charge in [-0.15, -0.1) is 0 Å². The van der Waals surface area contributed by atoms with Crippen molar-refractivity contribution in [3.63, 3.8) is 0 Å². The first-order valence-corrected chi connectivity index (χ1v) is 8.21. The van der Waals surface area contributed by atoms with Crippen molar-refractivity contribution in [2.75, 3.05) is 6.61 Å². The predicted molar refractivity (Wildman–Crippen MR) is 89.7 cm³/mol.